The van der Waals surface area contributed by atoms with Gasteiger partial charge in [-0.1, -0.05) is 41.9 Å². The van der Waals surface area contributed by atoms with Crippen LogP contribution in [0.4, 0.5) is 0 Å². The first-order chi connectivity index (χ1) is 14.7. The van der Waals surface area contributed by atoms with Crippen LogP contribution >= 0.6 is 11.6 Å². The number of rotatable bonds is 3. The fourth-order valence-corrected chi connectivity index (χ4v) is 5.81. The summed E-state index contributed by atoms with van der Waals surface area (Å²) in [5.74, 6) is 1.83. The highest BCUT2D eigenvalue weighted by atomic mass is 35.5. The summed E-state index contributed by atoms with van der Waals surface area (Å²) in [5.41, 5.74) is 8.56. The highest BCUT2D eigenvalue weighted by Gasteiger charge is 2.33. The predicted molar refractivity (Wildman–Crippen MR) is 122 cm³/mol. The molecule has 0 bridgehead atoms. The third-order valence-corrected chi connectivity index (χ3v) is 7.76. The molecule has 3 aliphatic rings. The Morgan fingerprint density at radius 2 is 1.87 bits per heavy atom. The number of fused-ring (bicyclic) bond motifs is 2. The number of aryl methyl sites for hydroxylation is 1. The van der Waals surface area contributed by atoms with Gasteiger partial charge >= 0.3 is 0 Å². The lowest BCUT2D eigenvalue weighted by molar-refractivity contribution is 0.158. The van der Waals surface area contributed by atoms with Gasteiger partial charge in [-0.2, -0.15) is 0 Å². The Labute approximate surface area is 183 Å². The van der Waals surface area contributed by atoms with Crippen LogP contribution in [0.5, 0.6) is 0 Å². The number of benzene rings is 2. The van der Waals surface area contributed by atoms with Gasteiger partial charge in [-0.05, 0) is 66.8 Å². The fraction of sp³-hybridized carbons (Fsp3) is 0.423. The minimum Gasteiger partial charge on any atom is -0.330 e. The van der Waals surface area contributed by atoms with Crippen LogP contribution in [0.2, 0.25) is 5.02 Å². The van der Waals surface area contributed by atoms with Gasteiger partial charge in [0, 0.05) is 38.2 Å². The Balaban J connectivity index is 1.27. The minimum absolute atomic E-state index is 0.643. The summed E-state index contributed by atoms with van der Waals surface area (Å²) in [6, 6.07) is 15.7. The van der Waals surface area contributed by atoms with Crippen LogP contribution in [0.25, 0.3) is 11.4 Å². The smallest absolute Gasteiger partial charge is 0.141 e. The molecule has 3 aromatic rings. The molecular formula is C26H28ClN3. The van der Waals surface area contributed by atoms with Gasteiger partial charge in [-0.3, -0.25) is 4.90 Å². The molecule has 4 heteroatoms. The molecule has 2 heterocycles. The Bertz CT molecular complexity index is 1110. The molecule has 3 nitrogen and oxygen atoms in total. The van der Waals surface area contributed by atoms with Crippen molar-refractivity contribution >= 4 is 11.6 Å². The van der Waals surface area contributed by atoms with Crippen molar-refractivity contribution in [3.63, 3.8) is 0 Å². The SMILES string of the molecule is Cn1c(-c2ccccc2Cl)nc2c1CN(C1CCc3cccc(C4CC4)c3C1)CC2. The molecule has 1 aromatic heterocycles. The Morgan fingerprint density at radius 1 is 1.00 bits per heavy atom. The zero-order chi connectivity index (χ0) is 20.2. The van der Waals surface area contributed by atoms with Crippen LogP contribution in [-0.4, -0.2) is 27.0 Å². The Morgan fingerprint density at radius 3 is 2.70 bits per heavy atom. The topological polar surface area (TPSA) is 21.1 Å². The molecule has 2 aliphatic carbocycles. The molecule has 6 rings (SSSR count). The standard InChI is InChI=1S/C26H28ClN3/c1-29-25-16-30(14-13-24(25)28-26(29)21-6-2-3-8-23(21)27)19-12-11-17-5-4-7-20(18-9-10-18)22(17)15-19/h2-8,18-19H,9-16H2,1H3. The quantitative estimate of drug-likeness (QED) is 0.558. The second kappa shape index (κ2) is 7.25. The maximum atomic E-state index is 6.47. The van der Waals surface area contributed by atoms with Crippen LogP contribution < -0.4 is 0 Å². The molecule has 0 radical (unpaired) electrons. The Hall–Kier alpha value is -2.10. The highest BCUT2D eigenvalue weighted by Crippen LogP contribution is 2.44. The van der Waals surface area contributed by atoms with E-state index >= 15 is 0 Å². The molecule has 0 saturated heterocycles. The number of halogens is 1. The zero-order valence-corrected chi connectivity index (χ0v) is 18.3. The molecule has 1 fully saturated rings. The third kappa shape index (κ3) is 3.11. The van der Waals surface area contributed by atoms with Gasteiger partial charge in [0.25, 0.3) is 0 Å². The van der Waals surface area contributed by atoms with E-state index in [1.54, 1.807) is 16.7 Å². The van der Waals surface area contributed by atoms with Crippen LogP contribution in [0.1, 0.15) is 53.3 Å². The molecule has 30 heavy (non-hydrogen) atoms. The van der Waals surface area contributed by atoms with E-state index in [0.717, 1.165) is 41.8 Å². The van der Waals surface area contributed by atoms with Crippen LogP contribution in [0.15, 0.2) is 42.5 Å². The molecule has 0 amide bonds. The maximum Gasteiger partial charge on any atom is 0.141 e. The molecule has 2 aromatic carbocycles. The van der Waals surface area contributed by atoms with E-state index in [1.165, 1.54) is 43.5 Å². The molecule has 1 unspecified atom stereocenters. The predicted octanol–water partition coefficient (Wildman–Crippen LogP) is 5.53. The van der Waals surface area contributed by atoms with E-state index in [1.807, 2.05) is 18.2 Å². The van der Waals surface area contributed by atoms with Gasteiger partial charge < -0.3 is 4.57 Å². The number of aromatic nitrogens is 2. The molecule has 1 aliphatic heterocycles. The van der Waals surface area contributed by atoms with Crippen LogP contribution in [-0.2, 0) is 32.9 Å². The van der Waals surface area contributed by atoms with Crippen LogP contribution in [0, 0.1) is 0 Å². The minimum atomic E-state index is 0.643. The first-order valence-electron chi connectivity index (χ1n) is 11.3. The van der Waals surface area contributed by atoms with E-state index in [-0.39, 0.29) is 0 Å². The average molecular weight is 418 g/mol. The lowest BCUT2D eigenvalue weighted by atomic mass is 9.83. The van der Waals surface area contributed by atoms with E-state index in [2.05, 4.69) is 40.8 Å². The average Bonchev–Trinajstić information content (AvgIpc) is 3.57. The second-order valence-corrected chi connectivity index (χ2v) is 9.65. The maximum absolute atomic E-state index is 6.47. The van der Waals surface area contributed by atoms with E-state index in [0.29, 0.717) is 6.04 Å². The van der Waals surface area contributed by atoms with Crippen molar-refractivity contribution in [3.05, 3.63) is 75.6 Å². The van der Waals surface area contributed by atoms with E-state index in [9.17, 15) is 0 Å². The third-order valence-electron chi connectivity index (χ3n) is 7.43. The van der Waals surface area contributed by atoms with Gasteiger partial charge in [0.2, 0.25) is 0 Å². The normalized spacial score (nSPS) is 21.3. The second-order valence-electron chi connectivity index (χ2n) is 9.24. The largest absolute Gasteiger partial charge is 0.330 e. The highest BCUT2D eigenvalue weighted by molar-refractivity contribution is 6.33. The monoisotopic (exact) mass is 417 g/mol. The van der Waals surface area contributed by atoms with Crippen LogP contribution in [0.3, 0.4) is 0 Å². The number of imidazole rings is 1. The van der Waals surface area contributed by atoms with Gasteiger partial charge in [0.15, 0.2) is 0 Å². The van der Waals surface area contributed by atoms with Gasteiger partial charge in [0.1, 0.15) is 5.82 Å². The van der Waals surface area contributed by atoms with Gasteiger partial charge in [0.05, 0.1) is 16.4 Å². The fourth-order valence-electron chi connectivity index (χ4n) is 5.59. The van der Waals surface area contributed by atoms with Crippen molar-refractivity contribution in [1.29, 1.82) is 0 Å². The zero-order valence-electron chi connectivity index (χ0n) is 17.6. The van der Waals surface area contributed by atoms with Crippen molar-refractivity contribution in [1.82, 2.24) is 14.5 Å². The first-order valence-corrected chi connectivity index (χ1v) is 11.7. The molecule has 1 saturated carbocycles. The number of hydrogen-bond acceptors (Lipinski definition) is 2. The molecular weight excluding hydrogens is 390 g/mol. The summed E-state index contributed by atoms with van der Waals surface area (Å²) < 4.78 is 2.27. The number of hydrogen-bond donors (Lipinski definition) is 0. The van der Waals surface area contributed by atoms with Crippen molar-refractivity contribution < 1.29 is 0 Å². The molecule has 0 N–H and O–H groups in total. The number of nitrogens with zero attached hydrogens (tertiary/aromatic N) is 3. The van der Waals surface area contributed by atoms with E-state index in [4.69, 9.17) is 16.6 Å². The molecule has 0 spiro atoms. The molecule has 154 valence electrons. The van der Waals surface area contributed by atoms with Gasteiger partial charge in [-0.15, -0.1) is 0 Å². The summed E-state index contributed by atoms with van der Waals surface area (Å²) in [4.78, 5) is 7.71. The van der Waals surface area contributed by atoms with Crippen molar-refractivity contribution in [2.45, 2.75) is 57.0 Å². The first kappa shape index (κ1) is 18.7. The summed E-state index contributed by atoms with van der Waals surface area (Å²) >= 11 is 6.47. The Kier molecular flexibility index (Phi) is 4.51. The lowest BCUT2D eigenvalue weighted by Crippen LogP contribution is -2.43. The molecule has 1 atom stereocenters. The summed E-state index contributed by atoms with van der Waals surface area (Å²) in [6.07, 6.45) is 7.50. The van der Waals surface area contributed by atoms with E-state index < -0.39 is 0 Å². The van der Waals surface area contributed by atoms with Crippen molar-refractivity contribution in [3.8, 4) is 11.4 Å². The summed E-state index contributed by atoms with van der Waals surface area (Å²) in [6.45, 7) is 2.10. The van der Waals surface area contributed by atoms with Gasteiger partial charge in [-0.25, -0.2) is 4.98 Å². The lowest BCUT2D eigenvalue weighted by Gasteiger charge is -2.38. The van der Waals surface area contributed by atoms with Crippen molar-refractivity contribution in [2.75, 3.05) is 6.54 Å². The summed E-state index contributed by atoms with van der Waals surface area (Å²) in [5, 5.41) is 0.774. The van der Waals surface area contributed by atoms with Crippen molar-refractivity contribution in [2.24, 2.45) is 7.05 Å². The summed E-state index contributed by atoms with van der Waals surface area (Å²) in [7, 11) is 2.15.